The number of rotatable bonds is 2. The molecule has 0 unspecified atom stereocenters. The smallest absolute Gasteiger partial charge is 0.156 e. The summed E-state index contributed by atoms with van der Waals surface area (Å²) < 4.78 is 1.70. The van der Waals surface area contributed by atoms with Crippen LogP contribution < -0.4 is 5.73 Å². The average Bonchev–Trinajstić information content (AvgIpc) is 2.51. The zero-order valence-electron chi connectivity index (χ0n) is 7.81. The van der Waals surface area contributed by atoms with Gasteiger partial charge in [-0.1, -0.05) is 11.6 Å². The van der Waals surface area contributed by atoms with Gasteiger partial charge in [0.05, 0.1) is 6.20 Å². The van der Waals surface area contributed by atoms with Crippen molar-refractivity contribution in [1.82, 2.24) is 14.6 Å². The number of aromatic nitrogens is 3. The van der Waals surface area contributed by atoms with Crippen LogP contribution in [0.25, 0.3) is 5.65 Å². The van der Waals surface area contributed by atoms with E-state index in [9.17, 15) is 0 Å². The first-order valence-corrected chi connectivity index (χ1v) is 4.79. The molecule has 2 aromatic heterocycles. The van der Waals surface area contributed by atoms with Crippen molar-refractivity contribution >= 4 is 17.2 Å². The summed E-state index contributed by atoms with van der Waals surface area (Å²) in [6, 6.07) is 1.88. The van der Waals surface area contributed by atoms with Crippen LogP contribution in [0.5, 0.6) is 0 Å². The van der Waals surface area contributed by atoms with Gasteiger partial charge in [-0.15, -0.1) is 0 Å². The SMILES string of the molecule is C[C@@H](N)Cc1cn2nccc2nc1Cl. The van der Waals surface area contributed by atoms with Crippen LogP contribution in [0.2, 0.25) is 5.15 Å². The maximum absolute atomic E-state index is 6.00. The molecule has 2 heterocycles. The molecule has 1 atom stereocenters. The Balaban J connectivity index is 2.48. The predicted molar refractivity (Wildman–Crippen MR) is 55.4 cm³/mol. The lowest BCUT2D eigenvalue weighted by Gasteiger charge is -2.06. The first-order chi connectivity index (χ1) is 6.66. The van der Waals surface area contributed by atoms with Crippen LogP contribution >= 0.6 is 11.6 Å². The average molecular weight is 211 g/mol. The molecular weight excluding hydrogens is 200 g/mol. The van der Waals surface area contributed by atoms with Crippen molar-refractivity contribution < 1.29 is 0 Å². The van der Waals surface area contributed by atoms with Crippen molar-refractivity contribution in [2.75, 3.05) is 0 Å². The third-order valence-electron chi connectivity index (χ3n) is 1.95. The summed E-state index contributed by atoms with van der Waals surface area (Å²) >= 11 is 6.00. The summed E-state index contributed by atoms with van der Waals surface area (Å²) in [5, 5.41) is 4.59. The van der Waals surface area contributed by atoms with Gasteiger partial charge >= 0.3 is 0 Å². The fourth-order valence-corrected chi connectivity index (χ4v) is 1.56. The Morgan fingerprint density at radius 1 is 1.64 bits per heavy atom. The van der Waals surface area contributed by atoms with Crippen LogP contribution in [0.15, 0.2) is 18.5 Å². The van der Waals surface area contributed by atoms with E-state index in [1.807, 2.05) is 19.2 Å². The Kier molecular flexibility index (Phi) is 2.39. The van der Waals surface area contributed by atoms with E-state index >= 15 is 0 Å². The highest BCUT2D eigenvalue weighted by molar-refractivity contribution is 6.30. The molecule has 0 amide bonds. The predicted octanol–water partition coefficient (Wildman–Crippen LogP) is 1.27. The highest BCUT2D eigenvalue weighted by Gasteiger charge is 2.07. The molecule has 0 aliphatic carbocycles. The van der Waals surface area contributed by atoms with Gasteiger partial charge in [-0.05, 0) is 13.3 Å². The molecule has 4 nitrogen and oxygen atoms in total. The van der Waals surface area contributed by atoms with E-state index in [1.165, 1.54) is 0 Å². The zero-order valence-corrected chi connectivity index (χ0v) is 8.57. The van der Waals surface area contributed by atoms with Gasteiger partial charge in [-0.25, -0.2) is 9.50 Å². The Hall–Kier alpha value is -1.13. The summed E-state index contributed by atoms with van der Waals surface area (Å²) in [5.41, 5.74) is 7.38. The van der Waals surface area contributed by atoms with Gasteiger partial charge < -0.3 is 5.73 Å². The van der Waals surface area contributed by atoms with Crippen molar-refractivity contribution in [2.45, 2.75) is 19.4 Å². The summed E-state index contributed by atoms with van der Waals surface area (Å²) in [5.74, 6) is 0. The van der Waals surface area contributed by atoms with Crippen LogP contribution in [0.1, 0.15) is 12.5 Å². The van der Waals surface area contributed by atoms with Crippen LogP contribution in [0.3, 0.4) is 0 Å². The third kappa shape index (κ3) is 1.71. The second-order valence-electron chi connectivity index (χ2n) is 3.37. The van der Waals surface area contributed by atoms with Gasteiger partial charge in [0.2, 0.25) is 0 Å². The van der Waals surface area contributed by atoms with Crippen molar-refractivity contribution in [1.29, 1.82) is 0 Å². The lowest BCUT2D eigenvalue weighted by Crippen LogP contribution is -2.18. The van der Waals surface area contributed by atoms with E-state index < -0.39 is 0 Å². The van der Waals surface area contributed by atoms with Crippen LogP contribution in [0.4, 0.5) is 0 Å². The fraction of sp³-hybridized carbons (Fsp3) is 0.333. The minimum atomic E-state index is 0.0716. The molecule has 2 rings (SSSR count). The quantitative estimate of drug-likeness (QED) is 0.760. The van der Waals surface area contributed by atoms with Crippen molar-refractivity contribution in [3.05, 3.63) is 29.2 Å². The number of halogens is 1. The number of hydrogen-bond donors (Lipinski definition) is 1. The maximum Gasteiger partial charge on any atom is 0.156 e. The minimum Gasteiger partial charge on any atom is -0.328 e. The second kappa shape index (κ2) is 3.55. The minimum absolute atomic E-state index is 0.0716. The van der Waals surface area contributed by atoms with Crippen LogP contribution in [-0.4, -0.2) is 20.6 Å². The van der Waals surface area contributed by atoms with E-state index in [0.29, 0.717) is 11.6 Å². The molecular formula is C9H11ClN4. The summed E-state index contributed by atoms with van der Waals surface area (Å²) in [4.78, 5) is 4.20. The van der Waals surface area contributed by atoms with E-state index in [1.54, 1.807) is 10.7 Å². The molecule has 0 fully saturated rings. The Morgan fingerprint density at radius 2 is 2.43 bits per heavy atom. The van der Waals surface area contributed by atoms with E-state index in [0.717, 1.165) is 11.2 Å². The molecule has 0 aliphatic rings. The topological polar surface area (TPSA) is 56.2 Å². The van der Waals surface area contributed by atoms with E-state index in [2.05, 4.69) is 10.1 Å². The number of nitrogens with two attached hydrogens (primary N) is 1. The molecule has 2 aromatic rings. The Bertz CT molecular complexity index is 449. The highest BCUT2D eigenvalue weighted by atomic mass is 35.5. The molecule has 74 valence electrons. The van der Waals surface area contributed by atoms with Crippen molar-refractivity contribution in [3.63, 3.8) is 0 Å². The lowest BCUT2D eigenvalue weighted by molar-refractivity contribution is 0.728. The zero-order chi connectivity index (χ0) is 10.1. The molecule has 14 heavy (non-hydrogen) atoms. The molecule has 0 bridgehead atoms. The van der Waals surface area contributed by atoms with Gasteiger partial charge in [-0.3, -0.25) is 0 Å². The largest absolute Gasteiger partial charge is 0.328 e. The molecule has 0 radical (unpaired) electrons. The Morgan fingerprint density at radius 3 is 3.14 bits per heavy atom. The summed E-state index contributed by atoms with van der Waals surface area (Å²) in [7, 11) is 0. The maximum atomic E-state index is 6.00. The first kappa shape index (κ1) is 9.43. The lowest BCUT2D eigenvalue weighted by atomic mass is 10.1. The monoisotopic (exact) mass is 210 g/mol. The van der Waals surface area contributed by atoms with E-state index in [-0.39, 0.29) is 6.04 Å². The van der Waals surface area contributed by atoms with Gasteiger partial charge in [0.15, 0.2) is 5.65 Å². The van der Waals surface area contributed by atoms with Gasteiger partial charge in [0.25, 0.3) is 0 Å². The van der Waals surface area contributed by atoms with Gasteiger partial charge in [0, 0.05) is 23.9 Å². The van der Waals surface area contributed by atoms with Crippen LogP contribution in [0, 0.1) is 0 Å². The van der Waals surface area contributed by atoms with Gasteiger partial charge in [-0.2, -0.15) is 5.10 Å². The number of nitrogens with zero attached hydrogens (tertiary/aromatic N) is 3. The van der Waals surface area contributed by atoms with Crippen LogP contribution in [-0.2, 0) is 6.42 Å². The molecule has 0 saturated carbocycles. The second-order valence-corrected chi connectivity index (χ2v) is 3.73. The summed E-state index contributed by atoms with van der Waals surface area (Å²) in [6.45, 7) is 1.93. The normalized spacial score (nSPS) is 13.4. The third-order valence-corrected chi connectivity index (χ3v) is 2.27. The molecule has 0 aromatic carbocycles. The number of fused-ring (bicyclic) bond motifs is 1. The van der Waals surface area contributed by atoms with Crippen molar-refractivity contribution in [2.24, 2.45) is 5.73 Å². The first-order valence-electron chi connectivity index (χ1n) is 4.41. The fourth-order valence-electron chi connectivity index (χ4n) is 1.35. The standard InChI is InChI=1S/C9H11ClN4/c1-6(11)4-7-5-14-8(2-3-12-14)13-9(7)10/h2-3,5-6H,4,11H2,1H3/t6-/m1/s1. The van der Waals surface area contributed by atoms with E-state index in [4.69, 9.17) is 17.3 Å². The molecule has 5 heteroatoms. The molecule has 0 saturated heterocycles. The highest BCUT2D eigenvalue weighted by Crippen LogP contribution is 2.15. The molecule has 0 spiro atoms. The molecule has 0 aliphatic heterocycles. The number of hydrogen-bond acceptors (Lipinski definition) is 3. The Labute approximate surface area is 86.7 Å². The molecule has 2 N–H and O–H groups in total. The van der Waals surface area contributed by atoms with Gasteiger partial charge in [0.1, 0.15) is 5.15 Å². The summed E-state index contributed by atoms with van der Waals surface area (Å²) in [6.07, 6.45) is 4.27. The van der Waals surface area contributed by atoms with Crippen molar-refractivity contribution in [3.8, 4) is 0 Å².